The quantitative estimate of drug-likeness (QED) is 0.635. The van der Waals surface area contributed by atoms with Crippen molar-refractivity contribution in [2.24, 2.45) is 5.92 Å². The second kappa shape index (κ2) is 9.97. The molecular formula is C12H25NO2S. The van der Waals surface area contributed by atoms with E-state index in [0.29, 0.717) is 6.61 Å². The van der Waals surface area contributed by atoms with Crippen LogP contribution in [-0.4, -0.2) is 36.7 Å². The van der Waals surface area contributed by atoms with Crippen molar-refractivity contribution in [3.8, 4) is 0 Å². The van der Waals surface area contributed by atoms with Crippen LogP contribution in [0.4, 0.5) is 0 Å². The summed E-state index contributed by atoms with van der Waals surface area (Å²) >= 11 is 1.82. The van der Waals surface area contributed by atoms with E-state index in [0.717, 1.165) is 24.0 Å². The van der Waals surface area contributed by atoms with Gasteiger partial charge in [-0.2, -0.15) is 11.8 Å². The number of rotatable bonds is 9. The molecule has 0 aliphatic rings. The lowest BCUT2D eigenvalue weighted by Gasteiger charge is -2.16. The van der Waals surface area contributed by atoms with Gasteiger partial charge in [0, 0.05) is 5.75 Å². The molecule has 1 N–H and O–H groups in total. The number of carbonyl (C=O) groups excluding carboxylic acids is 1. The van der Waals surface area contributed by atoms with E-state index in [1.807, 2.05) is 25.6 Å². The fraction of sp³-hybridized carbons (Fsp3) is 0.917. The highest BCUT2D eigenvalue weighted by Gasteiger charge is 2.18. The van der Waals surface area contributed by atoms with Gasteiger partial charge < -0.3 is 10.1 Å². The molecule has 16 heavy (non-hydrogen) atoms. The average Bonchev–Trinajstić information content (AvgIpc) is 2.28. The predicted octanol–water partition coefficient (Wildman–Crippen LogP) is 2.31. The summed E-state index contributed by atoms with van der Waals surface area (Å²) in [6, 6.07) is -0.154. The fourth-order valence-electron chi connectivity index (χ4n) is 1.20. The van der Waals surface area contributed by atoms with Crippen molar-refractivity contribution in [2.45, 2.75) is 40.2 Å². The molecule has 0 amide bonds. The molecule has 0 spiro atoms. The summed E-state index contributed by atoms with van der Waals surface area (Å²) in [5, 5.41) is 3.16. The minimum atomic E-state index is -0.154. The Labute approximate surface area is 104 Å². The second-order valence-electron chi connectivity index (χ2n) is 3.91. The molecule has 0 aromatic heterocycles. The lowest BCUT2D eigenvalue weighted by molar-refractivity contribution is -0.144. The van der Waals surface area contributed by atoms with E-state index in [2.05, 4.69) is 19.2 Å². The van der Waals surface area contributed by atoms with Gasteiger partial charge in [-0.1, -0.05) is 27.2 Å². The first-order valence-corrected chi connectivity index (χ1v) is 7.28. The van der Waals surface area contributed by atoms with Gasteiger partial charge in [0.15, 0.2) is 0 Å². The fourth-order valence-corrected chi connectivity index (χ4v) is 2.47. The summed E-state index contributed by atoms with van der Waals surface area (Å²) in [5.41, 5.74) is 0. The summed E-state index contributed by atoms with van der Waals surface area (Å²) in [4.78, 5) is 11.6. The summed E-state index contributed by atoms with van der Waals surface area (Å²) in [7, 11) is 0. The van der Waals surface area contributed by atoms with Gasteiger partial charge in [0.1, 0.15) is 6.04 Å². The van der Waals surface area contributed by atoms with E-state index in [1.165, 1.54) is 6.42 Å². The van der Waals surface area contributed by atoms with Crippen LogP contribution in [0.25, 0.3) is 0 Å². The minimum Gasteiger partial charge on any atom is -0.465 e. The van der Waals surface area contributed by atoms with E-state index < -0.39 is 0 Å². The van der Waals surface area contributed by atoms with E-state index in [9.17, 15) is 4.79 Å². The van der Waals surface area contributed by atoms with Gasteiger partial charge >= 0.3 is 5.97 Å². The third-order valence-corrected chi connectivity index (χ3v) is 3.78. The molecule has 0 rings (SSSR count). The highest BCUT2D eigenvalue weighted by Crippen LogP contribution is 2.12. The molecule has 0 heterocycles. The Morgan fingerprint density at radius 1 is 1.31 bits per heavy atom. The van der Waals surface area contributed by atoms with Crippen LogP contribution >= 0.6 is 11.8 Å². The average molecular weight is 247 g/mol. The van der Waals surface area contributed by atoms with Gasteiger partial charge in [0.2, 0.25) is 0 Å². The van der Waals surface area contributed by atoms with Gasteiger partial charge in [-0.05, 0) is 25.1 Å². The van der Waals surface area contributed by atoms with Gasteiger partial charge in [0.05, 0.1) is 6.61 Å². The van der Waals surface area contributed by atoms with Crippen molar-refractivity contribution >= 4 is 17.7 Å². The second-order valence-corrected chi connectivity index (χ2v) is 4.99. The minimum absolute atomic E-state index is 0.124. The molecule has 4 heteroatoms. The van der Waals surface area contributed by atoms with Crippen molar-refractivity contribution in [2.75, 3.05) is 24.7 Å². The number of nitrogens with one attached hydrogen (secondary N) is 1. The Bertz CT molecular complexity index is 188. The summed E-state index contributed by atoms with van der Waals surface area (Å²) in [6.45, 7) is 9.53. The smallest absolute Gasteiger partial charge is 0.323 e. The molecule has 0 aromatic carbocycles. The van der Waals surface area contributed by atoms with Crippen LogP contribution in [-0.2, 0) is 9.53 Å². The van der Waals surface area contributed by atoms with Gasteiger partial charge in [-0.3, -0.25) is 4.79 Å². The van der Waals surface area contributed by atoms with Crippen molar-refractivity contribution in [3.63, 3.8) is 0 Å². The zero-order valence-corrected chi connectivity index (χ0v) is 11.7. The zero-order valence-electron chi connectivity index (χ0n) is 10.9. The first kappa shape index (κ1) is 15.8. The monoisotopic (exact) mass is 247 g/mol. The number of thioether (sulfide) groups is 1. The van der Waals surface area contributed by atoms with E-state index in [-0.39, 0.29) is 12.0 Å². The first-order chi connectivity index (χ1) is 7.65. The lowest BCUT2D eigenvalue weighted by atomic mass is 10.2. The Morgan fingerprint density at radius 3 is 2.50 bits per heavy atom. The SMILES string of the molecule is CCNC(CSCC(C)CC)C(=O)OCC. The van der Waals surface area contributed by atoms with Crippen LogP contribution in [0, 0.1) is 5.92 Å². The third-order valence-electron chi connectivity index (χ3n) is 2.41. The molecule has 96 valence electrons. The first-order valence-electron chi connectivity index (χ1n) is 6.13. The topological polar surface area (TPSA) is 38.3 Å². The standard InChI is InChI=1S/C12H25NO2S/c1-5-10(4)8-16-9-11(13-6-2)12(14)15-7-3/h10-11,13H,5-9H2,1-4H3. The highest BCUT2D eigenvalue weighted by molar-refractivity contribution is 7.99. The van der Waals surface area contributed by atoms with Crippen molar-refractivity contribution < 1.29 is 9.53 Å². The van der Waals surface area contributed by atoms with Crippen molar-refractivity contribution in [1.29, 1.82) is 0 Å². The van der Waals surface area contributed by atoms with Crippen molar-refractivity contribution in [1.82, 2.24) is 5.32 Å². The Morgan fingerprint density at radius 2 is 2.00 bits per heavy atom. The van der Waals surface area contributed by atoms with E-state index in [4.69, 9.17) is 4.74 Å². The molecule has 3 nitrogen and oxygen atoms in total. The Hall–Kier alpha value is -0.220. The molecule has 2 atom stereocenters. The van der Waals surface area contributed by atoms with Crippen LogP contribution in [0.15, 0.2) is 0 Å². The third kappa shape index (κ3) is 7.12. The van der Waals surface area contributed by atoms with Gasteiger partial charge in [-0.25, -0.2) is 0 Å². The highest BCUT2D eigenvalue weighted by atomic mass is 32.2. The number of esters is 1. The van der Waals surface area contributed by atoms with Crippen LogP contribution < -0.4 is 5.32 Å². The summed E-state index contributed by atoms with van der Waals surface area (Å²) in [6.07, 6.45) is 1.19. The summed E-state index contributed by atoms with van der Waals surface area (Å²) < 4.78 is 5.03. The van der Waals surface area contributed by atoms with E-state index >= 15 is 0 Å². The molecule has 0 fully saturated rings. The maximum absolute atomic E-state index is 11.6. The van der Waals surface area contributed by atoms with Gasteiger partial charge in [-0.15, -0.1) is 0 Å². The molecule has 2 unspecified atom stereocenters. The van der Waals surface area contributed by atoms with Crippen LogP contribution in [0.1, 0.15) is 34.1 Å². The maximum Gasteiger partial charge on any atom is 0.323 e. The Kier molecular flexibility index (Phi) is 9.83. The van der Waals surface area contributed by atoms with Crippen molar-refractivity contribution in [3.05, 3.63) is 0 Å². The molecule has 0 aromatic rings. The molecule has 0 aliphatic carbocycles. The molecule has 0 saturated heterocycles. The van der Waals surface area contributed by atoms with Crippen LogP contribution in [0.5, 0.6) is 0 Å². The zero-order chi connectivity index (χ0) is 12.4. The number of ether oxygens (including phenoxy) is 1. The largest absolute Gasteiger partial charge is 0.465 e. The normalized spacial score (nSPS) is 14.5. The van der Waals surface area contributed by atoms with Gasteiger partial charge in [0.25, 0.3) is 0 Å². The lowest BCUT2D eigenvalue weighted by Crippen LogP contribution is -2.40. The molecular weight excluding hydrogens is 222 g/mol. The molecule has 0 radical (unpaired) electrons. The molecule has 0 saturated carbocycles. The summed E-state index contributed by atoms with van der Waals surface area (Å²) in [5.74, 6) is 2.50. The predicted molar refractivity (Wildman–Crippen MR) is 70.9 cm³/mol. The Balaban J connectivity index is 3.88. The number of hydrogen-bond acceptors (Lipinski definition) is 4. The van der Waals surface area contributed by atoms with E-state index in [1.54, 1.807) is 0 Å². The number of carbonyl (C=O) groups is 1. The molecule has 0 aliphatic heterocycles. The van der Waals surface area contributed by atoms with Crippen LogP contribution in [0.3, 0.4) is 0 Å². The molecule has 0 bridgehead atoms. The van der Waals surface area contributed by atoms with Crippen LogP contribution in [0.2, 0.25) is 0 Å². The number of likely N-dealkylation sites (N-methyl/N-ethyl adjacent to an activating group) is 1. The maximum atomic E-state index is 11.6. The number of hydrogen-bond donors (Lipinski definition) is 1.